The Bertz CT molecular complexity index is 665. The van der Waals surface area contributed by atoms with E-state index in [0.717, 1.165) is 35.5 Å². The Labute approximate surface area is 110 Å². The number of non-ortho nitro benzene ring substituents is 1. The number of hydrogen-bond acceptors (Lipinski definition) is 3. The van der Waals surface area contributed by atoms with E-state index < -0.39 is 4.92 Å². The highest BCUT2D eigenvalue weighted by Crippen LogP contribution is 2.35. The van der Waals surface area contributed by atoms with Crippen LogP contribution in [0.25, 0.3) is 17.4 Å². The van der Waals surface area contributed by atoms with E-state index in [0.29, 0.717) is 0 Å². The standard InChI is InChI=1S/C15H13NO3/c1-10-13-4-2-3-5-14(13)15(19-10)11-6-8-12(9-7-11)16(17)18/h2,4,6-9H,3,5H2,1H3. The molecule has 0 bridgehead atoms. The Kier molecular flexibility index (Phi) is 2.71. The van der Waals surface area contributed by atoms with Gasteiger partial charge in [0, 0.05) is 28.8 Å². The second-order valence-corrected chi connectivity index (χ2v) is 4.62. The third kappa shape index (κ3) is 1.95. The molecule has 0 aliphatic heterocycles. The minimum absolute atomic E-state index is 0.0980. The molecule has 2 aromatic rings. The van der Waals surface area contributed by atoms with Gasteiger partial charge < -0.3 is 4.42 Å². The van der Waals surface area contributed by atoms with Crippen molar-refractivity contribution in [3.05, 3.63) is 57.3 Å². The van der Waals surface area contributed by atoms with Crippen LogP contribution in [-0.2, 0) is 6.42 Å². The van der Waals surface area contributed by atoms with E-state index in [1.807, 2.05) is 6.92 Å². The fourth-order valence-electron chi connectivity index (χ4n) is 2.47. The predicted molar refractivity (Wildman–Crippen MR) is 72.9 cm³/mol. The molecular formula is C15H13NO3. The van der Waals surface area contributed by atoms with Gasteiger partial charge in [0.2, 0.25) is 0 Å². The van der Waals surface area contributed by atoms with Crippen molar-refractivity contribution in [2.24, 2.45) is 0 Å². The number of aryl methyl sites for hydroxylation is 1. The monoisotopic (exact) mass is 255 g/mol. The number of nitro benzene ring substituents is 1. The molecule has 0 spiro atoms. The smallest absolute Gasteiger partial charge is 0.269 e. The molecule has 1 aliphatic rings. The Hall–Kier alpha value is -2.36. The summed E-state index contributed by atoms with van der Waals surface area (Å²) in [6.45, 7) is 1.95. The Morgan fingerprint density at radius 3 is 2.68 bits per heavy atom. The van der Waals surface area contributed by atoms with Gasteiger partial charge in [0.25, 0.3) is 5.69 Å². The van der Waals surface area contributed by atoms with E-state index in [4.69, 9.17) is 4.42 Å². The largest absolute Gasteiger partial charge is 0.460 e. The molecule has 0 amide bonds. The molecule has 0 saturated carbocycles. The molecule has 1 aromatic heterocycles. The lowest BCUT2D eigenvalue weighted by molar-refractivity contribution is -0.384. The molecule has 1 aliphatic carbocycles. The highest BCUT2D eigenvalue weighted by atomic mass is 16.6. The van der Waals surface area contributed by atoms with E-state index in [-0.39, 0.29) is 5.69 Å². The first-order chi connectivity index (χ1) is 9.16. The zero-order chi connectivity index (χ0) is 13.4. The summed E-state index contributed by atoms with van der Waals surface area (Å²) in [5.74, 6) is 1.74. The summed E-state index contributed by atoms with van der Waals surface area (Å²) in [5, 5.41) is 10.7. The van der Waals surface area contributed by atoms with E-state index in [2.05, 4.69) is 12.2 Å². The van der Waals surface area contributed by atoms with Crippen molar-refractivity contribution >= 4 is 11.8 Å². The normalized spacial score (nSPS) is 13.3. The van der Waals surface area contributed by atoms with Gasteiger partial charge in [-0.05, 0) is 31.9 Å². The SMILES string of the molecule is Cc1oc(-c2ccc([N+](=O)[O-])cc2)c2c1C=CCC2. The van der Waals surface area contributed by atoms with Gasteiger partial charge in [-0.1, -0.05) is 12.2 Å². The van der Waals surface area contributed by atoms with Crippen molar-refractivity contribution in [1.29, 1.82) is 0 Å². The van der Waals surface area contributed by atoms with Crippen molar-refractivity contribution in [2.45, 2.75) is 19.8 Å². The number of nitro groups is 1. The molecule has 0 N–H and O–H groups in total. The molecule has 3 rings (SSSR count). The van der Waals surface area contributed by atoms with Crippen LogP contribution in [0.2, 0.25) is 0 Å². The van der Waals surface area contributed by atoms with Gasteiger partial charge in [0.05, 0.1) is 4.92 Å². The van der Waals surface area contributed by atoms with E-state index in [1.165, 1.54) is 17.7 Å². The molecule has 4 nitrogen and oxygen atoms in total. The summed E-state index contributed by atoms with van der Waals surface area (Å²) in [5.41, 5.74) is 3.35. The molecule has 0 saturated heterocycles. The fraction of sp³-hybridized carbons (Fsp3) is 0.200. The number of furan rings is 1. The number of rotatable bonds is 2. The second kappa shape index (κ2) is 4.39. The Morgan fingerprint density at radius 2 is 2.00 bits per heavy atom. The van der Waals surface area contributed by atoms with Crippen molar-refractivity contribution in [3.8, 4) is 11.3 Å². The van der Waals surface area contributed by atoms with Gasteiger partial charge in [0.15, 0.2) is 0 Å². The lowest BCUT2D eigenvalue weighted by atomic mass is 9.96. The molecule has 4 heteroatoms. The zero-order valence-corrected chi connectivity index (χ0v) is 10.6. The van der Waals surface area contributed by atoms with Crippen LogP contribution in [0.4, 0.5) is 5.69 Å². The van der Waals surface area contributed by atoms with E-state index >= 15 is 0 Å². The summed E-state index contributed by atoms with van der Waals surface area (Å²) in [4.78, 5) is 10.3. The maximum Gasteiger partial charge on any atom is 0.269 e. The van der Waals surface area contributed by atoms with Crippen LogP contribution in [-0.4, -0.2) is 4.92 Å². The highest BCUT2D eigenvalue weighted by Gasteiger charge is 2.19. The quantitative estimate of drug-likeness (QED) is 0.599. The number of hydrogen-bond donors (Lipinski definition) is 0. The number of allylic oxidation sites excluding steroid dienone is 1. The minimum Gasteiger partial charge on any atom is -0.460 e. The third-order valence-electron chi connectivity index (χ3n) is 3.42. The number of fused-ring (bicyclic) bond motifs is 1. The Morgan fingerprint density at radius 1 is 1.26 bits per heavy atom. The average Bonchev–Trinajstić information content (AvgIpc) is 2.77. The molecule has 0 fully saturated rings. The van der Waals surface area contributed by atoms with Gasteiger partial charge in [-0.3, -0.25) is 10.1 Å². The van der Waals surface area contributed by atoms with Gasteiger partial charge in [-0.25, -0.2) is 0 Å². The summed E-state index contributed by atoms with van der Waals surface area (Å²) in [6, 6.07) is 6.51. The lowest BCUT2D eigenvalue weighted by Crippen LogP contribution is -1.93. The van der Waals surface area contributed by atoms with Crippen LogP contribution >= 0.6 is 0 Å². The van der Waals surface area contributed by atoms with Gasteiger partial charge in [-0.15, -0.1) is 0 Å². The highest BCUT2D eigenvalue weighted by molar-refractivity contribution is 5.71. The lowest BCUT2D eigenvalue weighted by Gasteiger charge is -2.06. The third-order valence-corrected chi connectivity index (χ3v) is 3.42. The summed E-state index contributed by atoms with van der Waals surface area (Å²) in [7, 11) is 0. The van der Waals surface area contributed by atoms with Gasteiger partial charge in [-0.2, -0.15) is 0 Å². The first kappa shape index (κ1) is 11.7. The second-order valence-electron chi connectivity index (χ2n) is 4.62. The molecule has 1 aromatic carbocycles. The van der Waals surface area contributed by atoms with Crippen LogP contribution in [0.3, 0.4) is 0 Å². The predicted octanol–water partition coefficient (Wildman–Crippen LogP) is 4.12. The molecule has 0 radical (unpaired) electrons. The van der Waals surface area contributed by atoms with Crippen LogP contribution in [0, 0.1) is 17.0 Å². The van der Waals surface area contributed by atoms with Crippen LogP contribution in [0.15, 0.2) is 34.8 Å². The summed E-state index contributed by atoms with van der Waals surface area (Å²) >= 11 is 0. The van der Waals surface area contributed by atoms with Crippen molar-refractivity contribution < 1.29 is 9.34 Å². The van der Waals surface area contributed by atoms with Crippen LogP contribution in [0.1, 0.15) is 23.3 Å². The van der Waals surface area contributed by atoms with Crippen molar-refractivity contribution in [1.82, 2.24) is 0 Å². The minimum atomic E-state index is -0.393. The maximum absolute atomic E-state index is 10.7. The number of benzene rings is 1. The van der Waals surface area contributed by atoms with E-state index in [9.17, 15) is 10.1 Å². The molecule has 96 valence electrons. The van der Waals surface area contributed by atoms with E-state index in [1.54, 1.807) is 12.1 Å². The molecule has 1 heterocycles. The Balaban J connectivity index is 2.07. The van der Waals surface area contributed by atoms with Crippen molar-refractivity contribution in [3.63, 3.8) is 0 Å². The topological polar surface area (TPSA) is 56.3 Å². The van der Waals surface area contributed by atoms with Crippen molar-refractivity contribution in [2.75, 3.05) is 0 Å². The maximum atomic E-state index is 10.7. The van der Waals surface area contributed by atoms with Gasteiger partial charge >= 0.3 is 0 Å². The average molecular weight is 255 g/mol. The van der Waals surface area contributed by atoms with Crippen LogP contribution in [0.5, 0.6) is 0 Å². The zero-order valence-electron chi connectivity index (χ0n) is 10.6. The first-order valence-electron chi connectivity index (χ1n) is 6.20. The van der Waals surface area contributed by atoms with Gasteiger partial charge in [0.1, 0.15) is 11.5 Å². The molecule has 19 heavy (non-hydrogen) atoms. The number of nitrogens with zero attached hydrogens (tertiary/aromatic N) is 1. The fourth-order valence-corrected chi connectivity index (χ4v) is 2.47. The molecular weight excluding hydrogens is 242 g/mol. The summed E-state index contributed by atoms with van der Waals surface area (Å²) in [6.07, 6.45) is 6.19. The molecule has 0 atom stereocenters. The first-order valence-corrected chi connectivity index (χ1v) is 6.20. The summed E-state index contributed by atoms with van der Waals surface area (Å²) < 4.78 is 5.83. The van der Waals surface area contributed by atoms with Crippen LogP contribution < -0.4 is 0 Å². The molecule has 0 unspecified atom stereocenters.